The number of hydrogen-bond acceptors (Lipinski definition) is 5. The number of fused-ring (bicyclic) bond motifs is 2. The summed E-state index contributed by atoms with van der Waals surface area (Å²) in [4.78, 5) is 13.6. The lowest BCUT2D eigenvalue weighted by atomic mass is 9.99. The van der Waals surface area contributed by atoms with E-state index in [4.69, 9.17) is 9.72 Å². The van der Waals surface area contributed by atoms with E-state index in [0.717, 1.165) is 58.3 Å². The van der Waals surface area contributed by atoms with Crippen LogP contribution in [0.3, 0.4) is 0 Å². The molecule has 0 radical (unpaired) electrons. The number of ether oxygens (including phenoxy) is 1. The van der Waals surface area contributed by atoms with Crippen molar-refractivity contribution in [2.75, 3.05) is 31.1 Å². The number of H-pyrrole nitrogens is 2. The SMILES string of the molecule is CC(C)Oc1ccc2[nH]nc(-c3nc4ccc(N5CCC(N6CCCCC6)CC5)cc4[nH]3)c2c1. The number of rotatable bonds is 5. The van der Waals surface area contributed by atoms with E-state index in [9.17, 15) is 0 Å². The molecule has 2 aliphatic rings. The van der Waals surface area contributed by atoms with Crippen molar-refractivity contribution in [2.45, 2.75) is 58.1 Å². The summed E-state index contributed by atoms with van der Waals surface area (Å²) in [6.07, 6.45) is 6.79. The van der Waals surface area contributed by atoms with Gasteiger partial charge in [-0.05, 0) is 89.0 Å². The standard InChI is InChI=1S/C27H34N6O/c1-18(2)34-21-7-9-23-22(17-21)26(31-30-23)27-28-24-8-6-20(16-25(24)29-27)33-14-10-19(11-15-33)32-12-4-3-5-13-32/h6-9,16-19H,3-5,10-15H2,1-2H3,(H,28,29)(H,30,31). The van der Waals surface area contributed by atoms with E-state index in [-0.39, 0.29) is 6.10 Å². The summed E-state index contributed by atoms with van der Waals surface area (Å²) in [5.41, 5.74) is 5.09. The van der Waals surface area contributed by atoms with Crippen molar-refractivity contribution in [1.82, 2.24) is 25.1 Å². The minimum Gasteiger partial charge on any atom is -0.491 e. The lowest BCUT2D eigenvalue weighted by Gasteiger charge is -2.41. The number of anilines is 1. The van der Waals surface area contributed by atoms with Crippen molar-refractivity contribution < 1.29 is 4.74 Å². The lowest BCUT2D eigenvalue weighted by molar-refractivity contribution is 0.141. The molecule has 178 valence electrons. The molecule has 2 fully saturated rings. The molecule has 2 N–H and O–H groups in total. The maximum absolute atomic E-state index is 5.89. The second kappa shape index (κ2) is 8.95. The Morgan fingerprint density at radius 2 is 1.76 bits per heavy atom. The van der Waals surface area contributed by atoms with Gasteiger partial charge in [0.05, 0.1) is 22.7 Å². The molecule has 4 heterocycles. The zero-order valence-corrected chi connectivity index (χ0v) is 20.2. The molecule has 7 heteroatoms. The summed E-state index contributed by atoms with van der Waals surface area (Å²) in [6.45, 7) is 8.90. The van der Waals surface area contributed by atoms with Gasteiger partial charge in [-0.1, -0.05) is 6.42 Å². The molecule has 6 rings (SSSR count). The van der Waals surface area contributed by atoms with Crippen LogP contribution in [0.4, 0.5) is 5.69 Å². The highest BCUT2D eigenvalue weighted by molar-refractivity contribution is 5.94. The topological polar surface area (TPSA) is 73.1 Å². The van der Waals surface area contributed by atoms with Gasteiger partial charge in [0.25, 0.3) is 0 Å². The predicted octanol–water partition coefficient (Wildman–Crippen LogP) is 5.35. The molecule has 0 spiro atoms. The van der Waals surface area contributed by atoms with E-state index in [1.54, 1.807) is 0 Å². The summed E-state index contributed by atoms with van der Waals surface area (Å²) < 4.78 is 5.89. The molecule has 2 saturated heterocycles. The van der Waals surface area contributed by atoms with Crippen molar-refractivity contribution in [1.29, 1.82) is 0 Å². The zero-order valence-electron chi connectivity index (χ0n) is 20.2. The maximum Gasteiger partial charge on any atom is 0.159 e. The molecular weight excluding hydrogens is 424 g/mol. The van der Waals surface area contributed by atoms with E-state index in [1.807, 2.05) is 32.0 Å². The highest BCUT2D eigenvalue weighted by Crippen LogP contribution is 2.31. The number of likely N-dealkylation sites (tertiary alicyclic amines) is 1. The van der Waals surface area contributed by atoms with E-state index in [0.29, 0.717) is 0 Å². The van der Waals surface area contributed by atoms with Crippen molar-refractivity contribution in [3.05, 3.63) is 36.4 Å². The van der Waals surface area contributed by atoms with Crippen LogP contribution in [0, 0.1) is 0 Å². The molecule has 0 saturated carbocycles. The Hall–Kier alpha value is -3.06. The van der Waals surface area contributed by atoms with Crippen LogP contribution in [-0.2, 0) is 0 Å². The Labute approximate surface area is 200 Å². The predicted molar refractivity (Wildman–Crippen MR) is 138 cm³/mol. The van der Waals surface area contributed by atoms with Gasteiger partial charge in [0.15, 0.2) is 5.82 Å². The number of nitrogens with one attached hydrogen (secondary N) is 2. The molecule has 0 atom stereocenters. The smallest absolute Gasteiger partial charge is 0.159 e. The van der Waals surface area contributed by atoms with Gasteiger partial charge in [0.2, 0.25) is 0 Å². The number of benzene rings is 2. The van der Waals surface area contributed by atoms with Gasteiger partial charge in [-0.15, -0.1) is 0 Å². The average Bonchev–Trinajstić information content (AvgIpc) is 3.47. The van der Waals surface area contributed by atoms with Crippen molar-refractivity contribution in [3.8, 4) is 17.3 Å². The molecule has 0 unspecified atom stereocenters. The monoisotopic (exact) mass is 458 g/mol. The maximum atomic E-state index is 5.89. The Morgan fingerprint density at radius 3 is 2.56 bits per heavy atom. The van der Waals surface area contributed by atoms with E-state index in [2.05, 4.69) is 43.2 Å². The third-order valence-corrected chi connectivity index (χ3v) is 7.33. The lowest BCUT2D eigenvalue weighted by Crippen LogP contribution is -2.46. The van der Waals surface area contributed by atoms with Gasteiger partial charge in [0, 0.05) is 30.2 Å². The number of piperidine rings is 2. The van der Waals surface area contributed by atoms with Gasteiger partial charge in [0.1, 0.15) is 11.4 Å². The first-order chi connectivity index (χ1) is 16.6. The third kappa shape index (κ3) is 4.13. The van der Waals surface area contributed by atoms with E-state index >= 15 is 0 Å². The second-order valence-electron chi connectivity index (χ2n) is 10.0. The van der Waals surface area contributed by atoms with Gasteiger partial charge >= 0.3 is 0 Å². The summed E-state index contributed by atoms with van der Waals surface area (Å²) in [5, 5.41) is 8.70. The van der Waals surface area contributed by atoms with Crippen LogP contribution in [-0.4, -0.2) is 63.4 Å². The minimum absolute atomic E-state index is 0.127. The molecule has 0 bridgehead atoms. The number of nitrogens with zero attached hydrogens (tertiary/aromatic N) is 4. The van der Waals surface area contributed by atoms with Gasteiger partial charge < -0.3 is 19.5 Å². The average molecular weight is 459 g/mol. The summed E-state index contributed by atoms with van der Waals surface area (Å²) in [7, 11) is 0. The van der Waals surface area contributed by atoms with Crippen LogP contribution in [0.1, 0.15) is 46.0 Å². The van der Waals surface area contributed by atoms with E-state index < -0.39 is 0 Å². The fourth-order valence-electron chi connectivity index (χ4n) is 5.60. The van der Waals surface area contributed by atoms with Crippen LogP contribution in [0.5, 0.6) is 5.75 Å². The summed E-state index contributed by atoms with van der Waals surface area (Å²) in [5.74, 6) is 1.63. The molecule has 7 nitrogen and oxygen atoms in total. The van der Waals surface area contributed by atoms with Crippen LogP contribution in [0.15, 0.2) is 36.4 Å². The second-order valence-corrected chi connectivity index (χ2v) is 10.0. The number of imidazole rings is 1. The van der Waals surface area contributed by atoms with Crippen molar-refractivity contribution >= 4 is 27.6 Å². The van der Waals surface area contributed by atoms with Crippen molar-refractivity contribution in [2.24, 2.45) is 0 Å². The van der Waals surface area contributed by atoms with Gasteiger partial charge in [-0.2, -0.15) is 5.10 Å². The number of hydrogen-bond donors (Lipinski definition) is 2. The Kier molecular flexibility index (Phi) is 5.65. The molecule has 2 aromatic carbocycles. The molecule has 2 aliphatic heterocycles. The van der Waals surface area contributed by atoms with Gasteiger partial charge in [-0.3, -0.25) is 5.10 Å². The van der Waals surface area contributed by atoms with Gasteiger partial charge in [-0.25, -0.2) is 4.98 Å². The summed E-state index contributed by atoms with van der Waals surface area (Å²) >= 11 is 0. The fourth-order valence-corrected chi connectivity index (χ4v) is 5.60. The third-order valence-electron chi connectivity index (χ3n) is 7.33. The Bertz CT molecular complexity index is 1280. The Morgan fingerprint density at radius 1 is 0.941 bits per heavy atom. The fraction of sp³-hybridized carbons (Fsp3) is 0.481. The first-order valence-electron chi connectivity index (χ1n) is 12.8. The van der Waals surface area contributed by atoms with E-state index in [1.165, 1.54) is 50.9 Å². The first kappa shape index (κ1) is 21.5. The molecule has 0 aliphatic carbocycles. The first-order valence-corrected chi connectivity index (χ1v) is 12.8. The summed E-state index contributed by atoms with van der Waals surface area (Å²) in [6, 6.07) is 13.4. The molecule has 2 aromatic heterocycles. The molecule has 0 amide bonds. The molecule has 34 heavy (non-hydrogen) atoms. The Balaban J connectivity index is 1.22. The quantitative estimate of drug-likeness (QED) is 0.422. The van der Waals surface area contributed by atoms with Crippen molar-refractivity contribution in [3.63, 3.8) is 0 Å². The van der Waals surface area contributed by atoms with Crippen LogP contribution >= 0.6 is 0 Å². The number of aromatic nitrogens is 4. The highest BCUT2D eigenvalue weighted by atomic mass is 16.5. The minimum atomic E-state index is 0.127. The molecule has 4 aromatic rings. The van der Waals surface area contributed by atoms with Crippen LogP contribution in [0.25, 0.3) is 33.5 Å². The normalized spacial score (nSPS) is 18.4. The number of aromatic amines is 2. The van der Waals surface area contributed by atoms with Crippen LogP contribution < -0.4 is 9.64 Å². The molecular formula is C27H34N6O. The highest BCUT2D eigenvalue weighted by Gasteiger charge is 2.26. The van der Waals surface area contributed by atoms with Crippen LogP contribution in [0.2, 0.25) is 0 Å². The largest absolute Gasteiger partial charge is 0.491 e. The zero-order chi connectivity index (χ0) is 23.1.